The van der Waals surface area contributed by atoms with Crippen molar-refractivity contribution in [2.45, 2.75) is 44.6 Å². The highest BCUT2D eigenvalue weighted by Crippen LogP contribution is 2.45. The zero-order chi connectivity index (χ0) is 19.9. The highest BCUT2D eigenvalue weighted by Gasteiger charge is 2.39. The van der Waals surface area contributed by atoms with Crippen LogP contribution in [0.25, 0.3) is 21.5 Å². The quantitative estimate of drug-likeness (QED) is 0.394. The van der Waals surface area contributed by atoms with E-state index in [1.165, 1.54) is 6.92 Å². The largest absolute Gasteiger partial charge is 0.573 e. The van der Waals surface area contributed by atoms with Crippen LogP contribution in [0.4, 0.5) is 13.2 Å². The fourth-order valence-electron chi connectivity index (χ4n) is 4.20. The van der Waals surface area contributed by atoms with Gasteiger partial charge in [0, 0.05) is 17.7 Å². The molecule has 0 radical (unpaired) electrons. The van der Waals surface area contributed by atoms with Crippen molar-refractivity contribution in [2.75, 3.05) is 0 Å². The molecule has 1 aliphatic rings. The van der Waals surface area contributed by atoms with E-state index in [1.807, 2.05) is 12.1 Å². The van der Waals surface area contributed by atoms with E-state index in [4.69, 9.17) is 4.74 Å². The van der Waals surface area contributed by atoms with Gasteiger partial charge in [0.1, 0.15) is 11.4 Å². The van der Waals surface area contributed by atoms with Gasteiger partial charge in [-0.05, 0) is 54.2 Å². The molecular weight excluding hydrogens is 369 g/mol. The number of halogens is 3. The van der Waals surface area contributed by atoms with Crippen LogP contribution >= 0.6 is 0 Å². The van der Waals surface area contributed by atoms with Gasteiger partial charge in [0.15, 0.2) is 0 Å². The Bertz CT molecular complexity index is 1050. The molecular formula is C22H19F3O3. The molecule has 3 aromatic carbocycles. The molecule has 0 bridgehead atoms. The summed E-state index contributed by atoms with van der Waals surface area (Å²) in [7, 11) is 0. The predicted octanol–water partition coefficient (Wildman–Crippen LogP) is 6.22. The second-order valence-corrected chi connectivity index (χ2v) is 7.21. The number of fused-ring (bicyclic) bond motifs is 2. The summed E-state index contributed by atoms with van der Waals surface area (Å²) in [5.74, 6) is -0.620. The molecule has 0 N–H and O–H groups in total. The number of ether oxygens (including phenoxy) is 2. The van der Waals surface area contributed by atoms with E-state index in [0.717, 1.165) is 12.8 Å². The van der Waals surface area contributed by atoms with Gasteiger partial charge < -0.3 is 9.47 Å². The van der Waals surface area contributed by atoms with Gasteiger partial charge in [-0.25, -0.2) is 0 Å². The van der Waals surface area contributed by atoms with Gasteiger partial charge in [-0.2, -0.15) is 0 Å². The van der Waals surface area contributed by atoms with E-state index >= 15 is 0 Å². The van der Waals surface area contributed by atoms with Gasteiger partial charge in [0.2, 0.25) is 0 Å². The summed E-state index contributed by atoms with van der Waals surface area (Å²) in [6, 6.07) is 13.9. The van der Waals surface area contributed by atoms with Crippen molar-refractivity contribution < 1.29 is 27.4 Å². The number of carbonyl (C=O) groups is 1. The van der Waals surface area contributed by atoms with Crippen LogP contribution in [-0.4, -0.2) is 12.3 Å². The van der Waals surface area contributed by atoms with Gasteiger partial charge in [-0.15, -0.1) is 13.2 Å². The Morgan fingerprint density at radius 2 is 1.64 bits per heavy atom. The molecule has 0 aromatic heterocycles. The number of alkyl halides is 3. The number of carbonyl (C=O) groups excluding carboxylic acids is 1. The zero-order valence-corrected chi connectivity index (χ0v) is 15.3. The molecule has 0 aliphatic heterocycles. The fourth-order valence-corrected chi connectivity index (χ4v) is 4.20. The van der Waals surface area contributed by atoms with E-state index in [9.17, 15) is 18.0 Å². The van der Waals surface area contributed by atoms with Crippen molar-refractivity contribution in [2.24, 2.45) is 0 Å². The lowest BCUT2D eigenvalue weighted by Crippen LogP contribution is -2.28. The first-order valence-corrected chi connectivity index (χ1v) is 9.19. The van der Waals surface area contributed by atoms with Crippen molar-refractivity contribution in [1.29, 1.82) is 0 Å². The van der Waals surface area contributed by atoms with Crippen LogP contribution in [0, 0.1) is 0 Å². The smallest absolute Gasteiger partial charge is 0.454 e. The Balaban J connectivity index is 1.96. The van der Waals surface area contributed by atoms with E-state index in [1.54, 1.807) is 36.4 Å². The minimum atomic E-state index is -4.81. The molecule has 1 saturated carbocycles. The van der Waals surface area contributed by atoms with Crippen molar-refractivity contribution in [1.82, 2.24) is 0 Å². The van der Waals surface area contributed by atoms with Gasteiger partial charge in [-0.1, -0.05) is 36.4 Å². The molecule has 0 spiro atoms. The number of esters is 1. The maximum absolute atomic E-state index is 13.2. The molecule has 0 amide bonds. The van der Waals surface area contributed by atoms with Gasteiger partial charge in [-0.3, -0.25) is 4.79 Å². The molecule has 0 saturated heterocycles. The molecule has 0 heterocycles. The summed E-state index contributed by atoms with van der Waals surface area (Å²) in [6.45, 7) is 1.35. The summed E-state index contributed by atoms with van der Waals surface area (Å²) in [5.41, 5.74) is -0.0868. The molecule has 146 valence electrons. The summed E-state index contributed by atoms with van der Waals surface area (Å²) >= 11 is 0. The van der Waals surface area contributed by atoms with Gasteiger partial charge >= 0.3 is 12.3 Å². The zero-order valence-electron chi connectivity index (χ0n) is 15.3. The van der Waals surface area contributed by atoms with Crippen molar-refractivity contribution in [3.05, 3.63) is 54.1 Å². The van der Waals surface area contributed by atoms with Crippen LogP contribution in [0.5, 0.6) is 5.75 Å². The first-order chi connectivity index (χ1) is 13.3. The molecule has 1 fully saturated rings. The topological polar surface area (TPSA) is 35.5 Å². The second-order valence-electron chi connectivity index (χ2n) is 7.21. The highest BCUT2D eigenvalue weighted by molar-refractivity contribution is 6.05. The molecule has 1 aliphatic carbocycles. The summed E-state index contributed by atoms with van der Waals surface area (Å²) < 4.78 is 49.6. The Hall–Kier alpha value is -2.76. The first-order valence-electron chi connectivity index (χ1n) is 9.19. The third-order valence-electron chi connectivity index (χ3n) is 5.31. The number of hydrogen-bond acceptors (Lipinski definition) is 3. The third-order valence-corrected chi connectivity index (χ3v) is 5.31. The summed E-state index contributed by atoms with van der Waals surface area (Å²) in [4.78, 5) is 11.7. The van der Waals surface area contributed by atoms with E-state index < -0.39 is 17.9 Å². The van der Waals surface area contributed by atoms with Crippen LogP contribution < -0.4 is 4.74 Å². The fraction of sp³-hybridized carbons (Fsp3) is 0.318. The first kappa shape index (κ1) is 18.6. The van der Waals surface area contributed by atoms with Crippen molar-refractivity contribution in [3.8, 4) is 5.75 Å². The van der Waals surface area contributed by atoms with Crippen molar-refractivity contribution in [3.63, 3.8) is 0 Å². The lowest BCUT2D eigenvalue weighted by atomic mass is 9.89. The average molecular weight is 388 g/mol. The molecule has 0 unspecified atom stereocenters. The number of hydrogen-bond donors (Lipinski definition) is 0. The van der Waals surface area contributed by atoms with Crippen LogP contribution in [-0.2, 0) is 15.1 Å². The Morgan fingerprint density at radius 3 is 2.32 bits per heavy atom. The molecule has 3 aromatic rings. The predicted molar refractivity (Wildman–Crippen MR) is 100 cm³/mol. The van der Waals surface area contributed by atoms with Crippen LogP contribution in [0.1, 0.15) is 38.2 Å². The Morgan fingerprint density at radius 1 is 0.964 bits per heavy atom. The maximum Gasteiger partial charge on any atom is 0.573 e. The highest BCUT2D eigenvalue weighted by atomic mass is 19.4. The lowest BCUT2D eigenvalue weighted by Gasteiger charge is -2.29. The minimum Gasteiger partial charge on any atom is -0.454 e. The normalized spacial score (nSPS) is 16.4. The monoisotopic (exact) mass is 388 g/mol. The third kappa shape index (κ3) is 3.39. The van der Waals surface area contributed by atoms with Crippen LogP contribution in [0.3, 0.4) is 0 Å². The van der Waals surface area contributed by atoms with E-state index in [0.29, 0.717) is 39.9 Å². The Labute approximate surface area is 160 Å². The van der Waals surface area contributed by atoms with E-state index in [2.05, 4.69) is 4.74 Å². The van der Waals surface area contributed by atoms with E-state index in [-0.39, 0.29) is 5.75 Å². The SMILES string of the molecule is CC(=O)OC1(c2ccc3cc4ccccc4c(OC(F)(F)F)c3c2)CCCC1. The minimum absolute atomic E-state index is 0.224. The van der Waals surface area contributed by atoms with Crippen LogP contribution in [0.2, 0.25) is 0 Å². The second kappa shape index (κ2) is 6.69. The van der Waals surface area contributed by atoms with Gasteiger partial charge in [0.25, 0.3) is 0 Å². The maximum atomic E-state index is 13.2. The van der Waals surface area contributed by atoms with Crippen molar-refractivity contribution >= 4 is 27.5 Å². The summed E-state index contributed by atoms with van der Waals surface area (Å²) in [5, 5.41) is 2.04. The standard InChI is InChI=1S/C22H19F3O3/c1-14(26)27-21(10-4-5-11-21)17-9-8-16-12-15-6-2-3-7-18(15)20(19(16)13-17)28-22(23,24)25/h2-3,6-9,12-13H,4-5,10-11H2,1H3. The van der Waals surface area contributed by atoms with Crippen LogP contribution in [0.15, 0.2) is 48.5 Å². The molecule has 0 atom stereocenters. The number of benzene rings is 3. The molecule has 6 heteroatoms. The Kier molecular flexibility index (Phi) is 4.44. The average Bonchev–Trinajstić information content (AvgIpc) is 3.09. The van der Waals surface area contributed by atoms with Gasteiger partial charge in [0.05, 0.1) is 0 Å². The molecule has 4 rings (SSSR count). The summed E-state index contributed by atoms with van der Waals surface area (Å²) in [6.07, 6.45) is -1.71. The molecule has 28 heavy (non-hydrogen) atoms. The number of rotatable bonds is 3. The lowest BCUT2D eigenvalue weighted by molar-refractivity contribution is -0.273. The molecule has 3 nitrogen and oxygen atoms in total.